The lowest BCUT2D eigenvalue weighted by Gasteiger charge is -2.15. The lowest BCUT2D eigenvalue weighted by atomic mass is 9.99. The summed E-state index contributed by atoms with van der Waals surface area (Å²) in [6.07, 6.45) is 1.13. The number of rotatable bonds is 5. The van der Waals surface area contributed by atoms with Crippen LogP contribution in [0, 0.1) is 0 Å². The summed E-state index contributed by atoms with van der Waals surface area (Å²) in [6.45, 7) is 3.37. The van der Waals surface area contributed by atoms with E-state index in [0.717, 1.165) is 11.2 Å². The Hall–Kier alpha value is -1.64. The van der Waals surface area contributed by atoms with Gasteiger partial charge in [0, 0.05) is 36.7 Å². The largest absolute Gasteiger partial charge is 0.326 e. The molecule has 0 saturated heterocycles. The van der Waals surface area contributed by atoms with Gasteiger partial charge in [0.25, 0.3) is 0 Å². The lowest BCUT2D eigenvalue weighted by Crippen LogP contribution is -2.27. The molecule has 0 spiro atoms. The molecule has 0 saturated carbocycles. The van der Waals surface area contributed by atoms with Crippen molar-refractivity contribution in [2.45, 2.75) is 19.1 Å². The van der Waals surface area contributed by atoms with Crippen LogP contribution in [-0.2, 0) is 19.6 Å². The van der Waals surface area contributed by atoms with Gasteiger partial charge in [0.1, 0.15) is 0 Å². The molecule has 1 atom stereocenters. The third kappa shape index (κ3) is 4.25. The molecular weight excluding hydrogens is 348 g/mol. The summed E-state index contributed by atoms with van der Waals surface area (Å²) in [5, 5.41) is 2.43. The first-order chi connectivity index (χ1) is 11.1. The van der Waals surface area contributed by atoms with E-state index >= 15 is 0 Å². The Balaban J connectivity index is 2.44. The fourth-order valence-corrected chi connectivity index (χ4v) is 4.06. The van der Waals surface area contributed by atoms with Crippen LogP contribution in [0.1, 0.15) is 19.4 Å². The van der Waals surface area contributed by atoms with Crippen molar-refractivity contribution in [3.05, 3.63) is 34.7 Å². The van der Waals surface area contributed by atoms with Crippen molar-refractivity contribution < 1.29 is 18.0 Å². The predicted molar refractivity (Wildman–Crippen MR) is 97.2 cm³/mol. The van der Waals surface area contributed by atoms with Crippen molar-refractivity contribution in [1.29, 1.82) is 0 Å². The zero-order valence-corrected chi connectivity index (χ0v) is 15.6. The SMILES string of the molecule is CC(=O)Nc1cccc(C2=C(CN(C)S(C)(=O)=O)SC(C)C2=O)c1. The molecule has 1 aromatic carbocycles. The molecule has 0 aliphatic carbocycles. The van der Waals surface area contributed by atoms with E-state index in [4.69, 9.17) is 0 Å². The average Bonchev–Trinajstić information content (AvgIpc) is 2.72. The number of ketones is 1. The quantitative estimate of drug-likeness (QED) is 0.859. The number of likely N-dealkylation sites (N-methyl/N-ethyl adjacent to an activating group) is 1. The second kappa shape index (κ2) is 7.08. The second-order valence-electron chi connectivity index (χ2n) is 5.70. The number of Topliss-reactive ketones (excluding diaryl/α,β-unsaturated/α-hetero) is 1. The number of carbonyl (C=O) groups excluding carboxylic acids is 2. The van der Waals surface area contributed by atoms with E-state index in [9.17, 15) is 18.0 Å². The van der Waals surface area contributed by atoms with Gasteiger partial charge in [-0.1, -0.05) is 12.1 Å². The van der Waals surface area contributed by atoms with Gasteiger partial charge >= 0.3 is 0 Å². The van der Waals surface area contributed by atoms with Gasteiger partial charge in [0.2, 0.25) is 15.9 Å². The van der Waals surface area contributed by atoms with Crippen LogP contribution in [0.4, 0.5) is 5.69 Å². The van der Waals surface area contributed by atoms with Crippen molar-refractivity contribution in [2.75, 3.05) is 25.2 Å². The lowest BCUT2D eigenvalue weighted by molar-refractivity contribution is -0.114. The maximum absolute atomic E-state index is 12.5. The predicted octanol–water partition coefficient (Wildman–Crippen LogP) is 1.95. The maximum atomic E-state index is 12.5. The highest BCUT2D eigenvalue weighted by atomic mass is 32.2. The Labute approximate surface area is 146 Å². The summed E-state index contributed by atoms with van der Waals surface area (Å²) >= 11 is 1.38. The van der Waals surface area contributed by atoms with Crippen LogP contribution in [0.15, 0.2) is 29.2 Å². The highest BCUT2D eigenvalue weighted by Crippen LogP contribution is 2.41. The number of allylic oxidation sites excluding steroid dienone is 1. The Kier molecular flexibility index (Phi) is 5.52. The standard InChI is InChI=1S/C16H20N2O4S2/c1-10-16(20)15(14(23-10)9-18(3)24(4,21)22)12-6-5-7-13(8-12)17-11(2)19/h5-8,10H,9H2,1-4H3,(H,17,19). The molecule has 0 aromatic heterocycles. The van der Waals surface area contributed by atoms with Crippen LogP contribution in [0.2, 0.25) is 0 Å². The minimum atomic E-state index is -3.34. The third-order valence-electron chi connectivity index (χ3n) is 3.62. The molecular formula is C16H20N2O4S2. The van der Waals surface area contributed by atoms with Crippen LogP contribution >= 0.6 is 11.8 Å². The maximum Gasteiger partial charge on any atom is 0.221 e. The zero-order chi connectivity index (χ0) is 18.1. The summed E-state index contributed by atoms with van der Waals surface area (Å²) in [7, 11) is -1.85. The van der Waals surface area contributed by atoms with E-state index in [-0.39, 0.29) is 23.5 Å². The molecule has 0 bridgehead atoms. The molecule has 1 aliphatic heterocycles. The van der Waals surface area contributed by atoms with Crippen LogP contribution in [0.5, 0.6) is 0 Å². The molecule has 1 amide bonds. The molecule has 1 heterocycles. The highest BCUT2D eigenvalue weighted by molar-refractivity contribution is 8.05. The van der Waals surface area contributed by atoms with E-state index in [1.807, 2.05) is 0 Å². The van der Waals surface area contributed by atoms with Gasteiger partial charge in [0.05, 0.1) is 11.5 Å². The van der Waals surface area contributed by atoms with Gasteiger partial charge < -0.3 is 5.32 Å². The molecule has 6 nitrogen and oxygen atoms in total. The molecule has 0 fully saturated rings. The molecule has 24 heavy (non-hydrogen) atoms. The van der Waals surface area contributed by atoms with E-state index in [1.54, 1.807) is 31.2 Å². The van der Waals surface area contributed by atoms with E-state index in [2.05, 4.69) is 5.32 Å². The number of sulfonamides is 1. The Morgan fingerprint density at radius 3 is 2.62 bits per heavy atom. The number of benzene rings is 1. The number of hydrogen-bond acceptors (Lipinski definition) is 5. The monoisotopic (exact) mass is 368 g/mol. The van der Waals surface area contributed by atoms with E-state index in [0.29, 0.717) is 16.8 Å². The van der Waals surface area contributed by atoms with Crippen LogP contribution < -0.4 is 5.32 Å². The van der Waals surface area contributed by atoms with Gasteiger partial charge in [-0.05, 0) is 24.6 Å². The average molecular weight is 368 g/mol. The first kappa shape index (κ1) is 18.7. The van der Waals surface area contributed by atoms with Gasteiger partial charge in [-0.25, -0.2) is 12.7 Å². The second-order valence-corrected chi connectivity index (χ2v) is 9.23. The van der Waals surface area contributed by atoms with E-state index in [1.165, 1.54) is 30.0 Å². The molecule has 1 N–H and O–H groups in total. The number of anilines is 1. The summed E-state index contributed by atoms with van der Waals surface area (Å²) in [5.41, 5.74) is 1.80. The van der Waals surface area contributed by atoms with Crippen molar-refractivity contribution >= 4 is 44.7 Å². The van der Waals surface area contributed by atoms with Crippen molar-refractivity contribution in [1.82, 2.24) is 4.31 Å². The summed E-state index contributed by atoms with van der Waals surface area (Å²) in [6, 6.07) is 7.02. The van der Waals surface area contributed by atoms with Gasteiger partial charge in [-0.15, -0.1) is 11.8 Å². The zero-order valence-electron chi connectivity index (χ0n) is 14.0. The number of hydrogen-bond donors (Lipinski definition) is 1. The van der Waals surface area contributed by atoms with E-state index < -0.39 is 10.0 Å². The normalized spacial score (nSPS) is 18.4. The van der Waals surface area contributed by atoms with Crippen LogP contribution in [0.3, 0.4) is 0 Å². The Morgan fingerprint density at radius 1 is 1.38 bits per heavy atom. The molecule has 1 unspecified atom stereocenters. The smallest absolute Gasteiger partial charge is 0.221 e. The Bertz CT molecular complexity index is 815. The summed E-state index contributed by atoms with van der Waals surface area (Å²) < 4.78 is 24.5. The topological polar surface area (TPSA) is 83.6 Å². The van der Waals surface area contributed by atoms with Gasteiger partial charge in [-0.2, -0.15) is 0 Å². The number of thioether (sulfide) groups is 1. The third-order valence-corrected chi connectivity index (χ3v) is 6.06. The fraction of sp³-hybridized carbons (Fsp3) is 0.375. The minimum Gasteiger partial charge on any atom is -0.326 e. The molecule has 130 valence electrons. The minimum absolute atomic E-state index is 0.0307. The number of carbonyl (C=O) groups is 2. The van der Waals surface area contributed by atoms with Crippen molar-refractivity contribution in [3.63, 3.8) is 0 Å². The van der Waals surface area contributed by atoms with Gasteiger partial charge in [0.15, 0.2) is 5.78 Å². The van der Waals surface area contributed by atoms with Gasteiger partial charge in [-0.3, -0.25) is 9.59 Å². The number of nitrogens with zero attached hydrogens (tertiary/aromatic N) is 1. The number of nitrogens with one attached hydrogen (secondary N) is 1. The summed E-state index contributed by atoms with van der Waals surface area (Å²) in [5.74, 6) is -0.226. The summed E-state index contributed by atoms with van der Waals surface area (Å²) in [4.78, 5) is 24.5. The molecule has 2 rings (SSSR count). The first-order valence-corrected chi connectivity index (χ1v) is 10.1. The first-order valence-electron chi connectivity index (χ1n) is 7.33. The fourth-order valence-electron chi connectivity index (χ4n) is 2.36. The van der Waals surface area contributed by atoms with Crippen molar-refractivity contribution in [3.8, 4) is 0 Å². The highest BCUT2D eigenvalue weighted by Gasteiger charge is 2.33. The Morgan fingerprint density at radius 2 is 2.04 bits per heavy atom. The molecule has 1 aliphatic rings. The molecule has 1 aromatic rings. The molecule has 8 heteroatoms. The van der Waals surface area contributed by atoms with Crippen molar-refractivity contribution in [2.24, 2.45) is 0 Å². The van der Waals surface area contributed by atoms with Crippen LogP contribution in [0.25, 0.3) is 5.57 Å². The number of amides is 1. The molecule has 0 radical (unpaired) electrons. The van der Waals surface area contributed by atoms with Crippen LogP contribution in [-0.4, -0.2) is 49.5 Å².